The molecule has 20 heavy (non-hydrogen) atoms. The molecule has 0 radical (unpaired) electrons. The van der Waals surface area contributed by atoms with Crippen LogP contribution in [0.2, 0.25) is 0 Å². The van der Waals surface area contributed by atoms with Crippen LogP contribution < -0.4 is 5.73 Å². The molecule has 2 aromatic heterocycles. The van der Waals surface area contributed by atoms with Crippen LogP contribution in [0, 0.1) is 0 Å². The average molecular weight is 263 g/mol. The van der Waals surface area contributed by atoms with Crippen LogP contribution in [0.3, 0.4) is 0 Å². The lowest BCUT2D eigenvalue weighted by atomic mass is 10.0. The van der Waals surface area contributed by atoms with Gasteiger partial charge in [0.15, 0.2) is 0 Å². The van der Waals surface area contributed by atoms with Crippen LogP contribution in [-0.4, -0.2) is 15.9 Å². The summed E-state index contributed by atoms with van der Waals surface area (Å²) in [6, 6.07) is 13.3. The summed E-state index contributed by atoms with van der Waals surface area (Å²) in [5.41, 5.74) is 8.41. The number of aromatic amines is 1. The van der Waals surface area contributed by atoms with E-state index in [2.05, 4.69) is 9.97 Å². The number of aromatic nitrogens is 2. The van der Waals surface area contributed by atoms with E-state index < -0.39 is 5.91 Å². The van der Waals surface area contributed by atoms with Crippen LogP contribution in [0.5, 0.6) is 0 Å². The predicted octanol–water partition coefficient (Wildman–Crippen LogP) is 2.59. The number of amides is 1. The first-order valence-corrected chi connectivity index (χ1v) is 6.24. The summed E-state index contributed by atoms with van der Waals surface area (Å²) in [6.07, 6.45) is 5.30. The number of nitrogens with zero attached hydrogens (tertiary/aromatic N) is 1. The van der Waals surface area contributed by atoms with Gasteiger partial charge in [0, 0.05) is 23.4 Å². The third-order valence-electron chi connectivity index (χ3n) is 3.08. The molecule has 1 aromatic carbocycles. The van der Waals surface area contributed by atoms with Crippen molar-refractivity contribution in [2.45, 2.75) is 0 Å². The number of nitrogens with one attached hydrogen (secondary N) is 1. The number of hydrogen-bond donors (Lipinski definition) is 2. The number of carbonyl (C=O) groups excluding carboxylic acids is 1. The average Bonchev–Trinajstić information content (AvgIpc) is 2.93. The lowest BCUT2D eigenvalue weighted by Gasteiger charge is -2.04. The monoisotopic (exact) mass is 263 g/mol. The number of rotatable bonds is 3. The number of primary amides is 1. The molecule has 0 bridgehead atoms. The molecular formula is C16H13N3O. The summed E-state index contributed by atoms with van der Waals surface area (Å²) in [7, 11) is 0. The minimum absolute atomic E-state index is 0.453. The van der Waals surface area contributed by atoms with E-state index in [0.29, 0.717) is 5.57 Å². The van der Waals surface area contributed by atoms with Gasteiger partial charge in [-0.25, -0.2) is 4.98 Å². The zero-order valence-electron chi connectivity index (χ0n) is 10.7. The fourth-order valence-electron chi connectivity index (χ4n) is 2.12. The maximum absolute atomic E-state index is 11.6. The van der Waals surface area contributed by atoms with Crippen LogP contribution in [0.15, 0.2) is 54.9 Å². The molecule has 1 amide bonds. The van der Waals surface area contributed by atoms with Crippen molar-refractivity contribution in [3.63, 3.8) is 0 Å². The number of fused-ring (bicyclic) bond motifs is 1. The first kappa shape index (κ1) is 12.2. The van der Waals surface area contributed by atoms with E-state index in [4.69, 9.17) is 5.73 Å². The summed E-state index contributed by atoms with van der Waals surface area (Å²) in [5, 5.41) is 0.996. The van der Waals surface area contributed by atoms with Gasteiger partial charge in [0.1, 0.15) is 5.65 Å². The van der Waals surface area contributed by atoms with E-state index in [1.54, 1.807) is 12.3 Å². The van der Waals surface area contributed by atoms with Crippen LogP contribution >= 0.6 is 0 Å². The summed E-state index contributed by atoms with van der Waals surface area (Å²) in [6.45, 7) is 0. The summed E-state index contributed by atoms with van der Waals surface area (Å²) in [5.74, 6) is -0.453. The van der Waals surface area contributed by atoms with Gasteiger partial charge in [-0.2, -0.15) is 0 Å². The van der Waals surface area contributed by atoms with Crippen molar-refractivity contribution in [1.82, 2.24) is 9.97 Å². The maximum Gasteiger partial charge on any atom is 0.249 e. The molecule has 3 N–H and O–H groups in total. The molecule has 0 spiro atoms. The minimum atomic E-state index is -0.453. The summed E-state index contributed by atoms with van der Waals surface area (Å²) < 4.78 is 0. The molecule has 2 heterocycles. The van der Waals surface area contributed by atoms with Gasteiger partial charge in [0.2, 0.25) is 5.91 Å². The quantitative estimate of drug-likeness (QED) is 0.713. The Kier molecular flexibility index (Phi) is 3.05. The Bertz CT molecular complexity index is 788. The van der Waals surface area contributed by atoms with E-state index >= 15 is 0 Å². The van der Waals surface area contributed by atoms with Crippen molar-refractivity contribution in [2.75, 3.05) is 0 Å². The van der Waals surface area contributed by atoms with Gasteiger partial charge in [0.05, 0.1) is 0 Å². The highest BCUT2D eigenvalue weighted by Gasteiger charge is 2.08. The first-order chi connectivity index (χ1) is 9.74. The number of H-pyrrole nitrogens is 1. The van der Waals surface area contributed by atoms with Crippen LogP contribution in [-0.2, 0) is 4.79 Å². The Hall–Kier alpha value is -2.88. The van der Waals surface area contributed by atoms with E-state index in [-0.39, 0.29) is 0 Å². The zero-order valence-corrected chi connectivity index (χ0v) is 10.7. The van der Waals surface area contributed by atoms with Crippen molar-refractivity contribution < 1.29 is 4.79 Å². The second kappa shape index (κ2) is 5.01. The molecule has 0 atom stereocenters. The Morgan fingerprint density at radius 2 is 2.00 bits per heavy atom. The molecule has 4 heteroatoms. The fourth-order valence-corrected chi connectivity index (χ4v) is 2.12. The van der Waals surface area contributed by atoms with Crippen LogP contribution in [0.4, 0.5) is 0 Å². The van der Waals surface area contributed by atoms with E-state index in [0.717, 1.165) is 22.2 Å². The topological polar surface area (TPSA) is 71.8 Å². The molecule has 4 nitrogen and oxygen atoms in total. The van der Waals surface area contributed by atoms with Crippen molar-refractivity contribution >= 4 is 28.6 Å². The Balaban J connectivity index is 2.08. The molecule has 0 aliphatic rings. The molecule has 0 fully saturated rings. The van der Waals surface area contributed by atoms with Crippen LogP contribution in [0.1, 0.15) is 11.1 Å². The summed E-state index contributed by atoms with van der Waals surface area (Å²) in [4.78, 5) is 19.0. The maximum atomic E-state index is 11.6. The van der Waals surface area contributed by atoms with Gasteiger partial charge >= 0.3 is 0 Å². The number of hydrogen-bond acceptors (Lipinski definition) is 2. The second-order valence-electron chi connectivity index (χ2n) is 4.47. The molecule has 0 aliphatic heterocycles. The highest BCUT2D eigenvalue weighted by Crippen LogP contribution is 2.19. The summed E-state index contributed by atoms with van der Waals surface area (Å²) >= 11 is 0. The standard InChI is InChI=1S/C16H13N3O/c17-15(20)14(12-4-2-1-3-5-12)9-11-8-13-6-7-18-16(13)19-10-11/h1-10H,(H2,17,20)(H,18,19). The molecule has 0 unspecified atom stereocenters. The van der Waals surface area contributed by atoms with Crippen molar-refractivity contribution in [3.8, 4) is 0 Å². The lowest BCUT2D eigenvalue weighted by molar-refractivity contribution is -0.112. The van der Waals surface area contributed by atoms with E-state index in [1.165, 1.54) is 0 Å². The molecule has 0 aliphatic carbocycles. The van der Waals surface area contributed by atoms with Crippen molar-refractivity contribution in [2.24, 2.45) is 5.73 Å². The number of nitrogens with two attached hydrogens (primary N) is 1. The predicted molar refractivity (Wildman–Crippen MR) is 79.6 cm³/mol. The number of pyridine rings is 1. The van der Waals surface area contributed by atoms with Gasteiger partial charge in [-0.15, -0.1) is 0 Å². The molecule has 0 saturated heterocycles. The van der Waals surface area contributed by atoms with Crippen LogP contribution in [0.25, 0.3) is 22.7 Å². The third-order valence-corrected chi connectivity index (χ3v) is 3.08. The molecule has 98 valence electrons. The molecular weight excluding hydrogens is 250 g/mol. The molecule has 3 rings (SSSR count). The lowest BCUT2D eigenvalue weighted by Crippen LogP contribution is -2.12. The van der Waals surface area contributed by atoms with E-state index in [9.17, 15) is 4.79 Å². The Morgan fingerprint density at radius 1 is 1.20 bits per heavy atom. The first-order valence-electron chi connectivity index (χ1n) is 6.24. The normalized spacial score (nSPS) is 11.7. The number of carbonyl (C=O) groups is 1. The van der Waals surface area contributed by atoms with Crippen molar-refractivity contribution in [3.05, 3.63) is 66.0 Å². The SMILES string of the molecule is NC(=O)C(=Cc1cnc2[nH]ccc2c1)c1ccccc1. The Labute approximate surface area is 116 Å². The van der Waals surface area contributed by atoms with Gasteiger partial charge in [-0.3, -0.25) is 4.79 Å². The molecule has 0 saturated carbocycles. The smallest absolute Gasteiger partial charge is 0.249 e. The Morgan fingerprint density at radius 3 is 2.75 bits per heavy atom. The number of benzene rings is 1. The van der Waals surface area contributed by atoms with Gasteiger partial charge in [-0.1, -0.05) is 30.3 Å². The molecule has 3 aromatic rings. The third kappa shape index (κ3) is 2.31. The minimum Gasteiger partial charge on any atom is -0.366 e. The van der Waals surface area contributed by atoms with Crippen molar-refractivity contribution in [1.29, 1.82) is 0 Å². The highest BCUT2D eigenvalue weighted by molar-refractivity contribution is 6.23. The van der Waals surface area contributed by atoms with Gasteiger partial charge < -0.3 is 10.7 Å². The van der Waals surface area contributed by atoms with Gasteiger partial charge in [-0.05, 0) is 29.3 Å². The fraction of sp³-hybridized carbons (Fsp3) is 0. The largest absolute Gasteiger partial charge is 0.366 e. The highest BCUT2D eigenvalue weighted by atomic mass is 16.1. The van der Waals surface area contributed by atoms with E-state index in [1.807, 2.05) is 48.7 Å². The second-order valence-corrected chi connectivity index (χ2v) is 4.47. The van der Waals surface area contributed by atoms with Gasteiger partial charge in [0.25, 0.3) is 0 Å². The zero-order chi connectivity index (χ0) is 13.9.